The van der Waals surface area contributed by atoms with Crippen molar-refractivity contribution < 1.29 is 9.53 Å². The van der Waals surface area contributed by atoms with Gasteiger partial charge in [0.25, 0.3) is 0 Å². The molecular formula is C27H28N4O2. The van der Waals surface area contributed by atoms with E-state index in [1.807, 2.05) is 56.0 Å². The van der Waals surface area contributed by atoms with Crippen LogP contribution in [-0.2, 0) is 13.5 Å². The van der Waals surface area contributed by atoms with Crippen molar-refractivity contribution in [3.63, 3.8) is 0 Å². The minimum absolute atomic E-state index is 0.0408. The van der Waals surface area contributed by atoms with E-state index in [4.69, 9.17) is 4.74 Å². The molecule has 0 aliphatic carbocycles. The Morgan fingerprint density at radius 2 is 1.85 bits per heavy atom. The van der Waals surface area contributed by atoms with Gasteiger partial charge >= 0.3 is 0 Å². The molecule has 33 heavy (non-hydrogen) atoms. The van der Waals surface area contributed by atoms with Gasteiger partial charge in [0.15, 0.2) is 5.78 Å². The van der Waals surface area contributed by atoms with Gasteiger partial charge in [0.2, 0.25) is 0 Å². The predicted octanol–water partition coefficient (Wildman–Crippen LogP) is 4.53. The number of nitrogens with zero attached hydrogens (tertiary/aromatic N) is 4. The fraction of sp³-hybridized carbons (Fsp3) is 0.296. The number of fused-ring (bicyclic) bond motifs is 1. The number of carbonyl (C=O) groups is 1. The first-order valence-corrected chi connectivity index (χ1v) is 11.4. The average molecular weight is 441 g/mol. The third-order valence-electron chi connectivity index (χ3n) is 6.28. The topological polar surface area (TPSA) is 60.2 Å². The van der Waals surface area contributed by atoms with E-state index in [0.717, 1.165) is 59.3 Å². The average Bonchev–Trinajstić information content (AvgIpc) is 3.26. The van der Waals surface area contributed by atoms with Crippen LogP contribution in [0.3, 0.4) is 0 Å². The minimum atomic E-state index is 0.0408. The van der Waals surface area contributed by atoms with E-state index in [2.05, 4.69) is 40.2 Å². The van der Waals surface area contributed by atoms with Crippen molar-refractivity contribution in [2.75, 3.05) is 20.1 Å². The smallest absolute Gasteiger partial charge is 0.168 e. The lowest BCUT2D eigenvalue weighted by Crippen LogP contribution is -2.35. The molecule has 4 aromatic rings. The van der Waals surface area contributed by atoms with E-state index < -0.39 is 0 Å². The van der Waals surface area contributed by atoms with Crippen LogP contribution in [0.15, 0.2) is 67.1 Å². The van der Waals surface area contributed by atoms with Crippen molar-refractivity contribution in [3.05, 3.63) is 78.4 Å². The standard InChI is InChI=1S/C27H28N4O2/c1-30-10-8-25(9-11-30)33-26-5-3-4-20(14-26)27(32)15-24-13-22-12-19(6-7-21(22)16-28-24)23-17-29-31(2)18-23/h3-7,12-14,16-18,25H,8-11,15H2,1-2H3. The number of ketones is 1. The summed E-state index contributed by atoms with van der Waals surface area (Å²) in [5.41, 5.74) is 3.58. The predicted molar refractivity (Wildman–Crippen MR) is 130 cm³/mol. The van der Waals surface area contributed by atoms with Gasteiger partial charge in [0, 0.05) is 54.7 Å². The molecule has 0 spiro atoms. The maximum Gasteiger partial charge on any atom is 0.168 e. The molecule has 1 aliphatic heterocycles. The molecule has 0 radical (unpaired) electrons. The van der Waals surface area contributed by atoms with E-state index in [-0.39, 0.29) is 18.3 Å². The van der Waals surface area contributed by atoms with E-state index >= 15 is 0 Å². The van der Waals surface area contributed by atoms with Crippen molar-refractivity contribution in [2.45, 2.75) is 25.4 Å². The number of piperidine rings is 1. The number of aryl methyl sites for hydroxylation is 1. The summed E-state index contributed by atoms with van der Waals surface area (Å²) in [5, 5.41) is 6.37. The minimum Gasteiger partial charge on any atom is -0.490 e. The fourth-order valence-corrected chi connectivity index (χ4v) is 4.34. The maximum atomic E-state index is 13.0. The van der Waals surface area contributed by atoms with Gasteiger partial charge in [-0.3, -0.25) is 14.5 Å². The van der Waals surface area contributed by atoms with Gasteiger partial charge in [0.1, 0.15) is 11.9 Å². The molecule has 1 aliphatic rings. The maximum absolute atomic E-state index is 13.0. The van der Waals surface area contributed by atoms with Crippen LogP contribution in [0.2, 0.25) is 0 Å². The molecule has 1 fully saturated rings. The van der Waals surface area contributed by atoms with Crippen molar-refractivity contribution >= 4 is 16.6 Å². The molecule has 0 amide bonds. The lowest BCUT2D eigenvalue weighted by molar-refractivity contribution is 0.0988. The fourth-order valence-electron chi connectivity index (χ4n) is 4.34. The van der Waals surface area contributed by atoms with Crippen molar-refractivity contribution in [1.82, 2.24) is 19.7 Å². The first-order valence-electron chi connectivity index (χ1n) is 11.4. The number of carbonyl (C=O) groups excluding carboxylic acids is 1. The molecule has 3 heterocycles. The number of Topliss-reactive ketones (excluding diaryl/α,β-unsaturated/α-hetero) is 1. The number of rotatable bonds is 6. The highest BCUT2D eigenvalue weighted by molar-refractivity contribution is 5.98. The third kappa shape index (κ3) is 4.96. The zero-order valence-corrected chi connectivity index (χ0v) is 19.1. The molecule has 2 aromatic carbocycles. The SMILES string of the molecule is CN1CCC(Oc2cccc(C(=O)Cc3cc4cc(-c5cnn(C)c5)ccc4cn3)c2)CC1. The second kappa shape index (κ2) is 9.16. The molecule has 5 rings (SSSR count). The van der Waals surface area contributed by atoms with E-state index in [1.54, 1.807) is 4.68 Å². The quantitative estimate of drug-likeness (QED) is 0.412. The van der Waals surface area contributed by atoms with Gasteiger partial charge in [-0.15, -0.1) is 0 Å². The Bertz CT molecular complexity index is 1290. The lowest BCUT2D eigenvalue weighted by atomic mass is 10.0. The van der Waals surface area contributed by atoms with Crippen molar-refractivity contribution in [1.29, 1.82) is 0 Å². The van der Waals surface area contributed by atoms with Gasteiger partial charge in [-0.2, -0.15) is 5.10 Å². The highest BCUT2D eigenvalue weighted by atomic mass is 16.5. The number of likely N-dealkylation sites (tertiary alicyclic amines) is 1. The van der Waals surface area contributed by atoms with Crippen LogP contribution in [0, 0.1) is 0 Å². The molecule has 0 N–H and O–H groups in total. The van der Waals surface area contributed by atoms with Crippen LogP contribution in [0.4, 0.5) is 0 Å². The summed E-state index contributed by atoms with van der Waals surface area (Å²) in [6.07, 6.45) is 8.17. The summed E-state index contributed by atoms with van der Waals surface area (Å²) >= 11 is 0. The monoisotopic (exact) mass is 440 g/mol. The number of ether oxygens (including phenoxy) is 1. The first-order chi connectivity index (χ1) is 16.0. The summed E-state index contributed by atoms with van der Waals surface area (Å²) < 4.78 is 7.95. The lowest BCUT2D eigenvalue weighted by Gasteiger charge is -2.29. The summed E-state index contributed by atoms with van der Waals surface area (Å²) in [4.78, 5) is 19.9. The van der Waals surface area contributed by atoms with Crippen LogP contribution in [-0.4, -0.2) is 51.7 Å². The molecule has 0 atom stereocenters. The number of hydrogen-bond donors (Lipinski definition) is 0. The highest BCUT2D eigenvalue weighted by Crippen LogP contribution is 2.25. The van der Waals surface area contributed by atoms with Crippen molar-refractivity contribution in [3.8, 4) is 16.9 Å². The Kier molecular flexibility index (Phi) is 5.92. The summed E-state index contributed by atoms with van der Waals surface area (Å²) in [5.74, 6) is 0.807. The van der Waals surface area contributed by atoms with Gasteiger partial charge in [-0.1, -0.05) is 24.3 Å². The number of hydrogen-bond acceptors (Lipinski definition) is 5. The molecule has 0 bridgehead atoms. The van der Waals surface area contributed by atoms with E-state index in [1.165, 1.54) is 0 Å². The zero-order chi connectivity index (χ0) is 22.8. The molecule has 168 valence electrons. The third-order valence-corrected chi connectivity index (χ3v) is 6.28. The van der Waals surface area contributed by atoms with Crippen LogP contribution in [0.5, 0.6) is 5.75 Å². The van der Waals surface area contributed by atoms with E-state index in [0.29, 0.717) is 5.56 Å². The molecular weight excluding hydrogens is 412 g/mol. The number of benzene rings is 2. The Morgan fingerprint density at radius 3 is 2.64 bits per heavy atom. The summed E-state index contributed by atoms with van der Waals surface area (Å²) in [7, 11) is 4.04. The Balaban J connectivity index is 1.31. The second-order valence-corrected chi connectivity index (χ2v) is 8.89. The van der Waals surface area contributed by atoms with Gasteiger partial charge in [-0.05, 0) is 55.1 Å². The largest absolute Gasteiger partial charge is 0.490 e. The zero-order valence-electron chi connectivity index (χ0n) is 19.1. The van der Waals surface area contributed by atoms with Gasteiger partial charge in [0.05, 0.1) is 12.6 Å². The van der Waals surface area contributed by atoms with Crippen molar-refractivity contribution in [2.24, 2.45) is 7.05 Å². The van der Waals surface area contributed by atoms with E-state index in [9.17, 15) is 4.79 Å². The molecule has 0 unspecified atom stereocenters. The molecule has 0 saturated carbocycles. The normalized spacial score (nSPS) is 15.1. The van der Waals surface area contributed by atoms with Crippen LogP contribution < -0.4 is 4.74 Å². The van der Waals surface area contributed by atoms with Gasteiger partial charge < -0.3 is 9.64 Å². The van der Waals surface area contributed by atoms with Gasteiger partial charge in [-0.25, -0.2) is 0 Å². The summed E-state index contributed by atoms with van der Waals surface area (Å²) in [6, 6.07) is 15.8. The molecule has 1 saturated heterocycles. The number of aromatic nitrogens is 3. The highest BCUT2D eigenvalue weighted by Gasteiger charge is 2.18. The van der Waals surface area contributed by atoms with Crippen LogP contribution in [0.1, 0.15) is 28.9 Å². The Hall–Kier alpha value is -3.51. The van der Waals surface area contributed by atoms with Crippen LogP contribution >= 0.6 is 0 Å². The summed E-state index contributed by atoms with van der Waals surface area (Å²) in [6.45, 7) is 2.08. The molecule has 2 aromatic heterocycles. The molecule has 6 nitrogen and oxygen atoms in total. The first kappa shape index (κ1) is 21.3. The second-order valence-electron chi connectivity index (χ2n) is 8.89. The number of pyridine rings is 1. The Labute approximate surface area is 193 Å². The molecule has 6 heteroatoms. The van der Waals surface area contributed by atoms with Crippen LogP contribution in [0.25, 0.3) is 21.9 Å². The Morgan fingerprint density at radius 1 is 1.00 bits per heavy atom.